The van der Waals surface area contributed by atoms with E-state index in [0.29, 0.717) is 4.47 Å². The molecular weight excluding hydrogens is 353 g/mol. The summed E-state index contributed by atoms with van der Waals surface area (Å²) in [5, 5.41) is 2.77. The van der Waals surface area contributed by atoms with Crippen LogP contribution >= 0.6 is 27.5 Å². The van der Waals surface area contributed by atoms with Gasteiger partial charge < -0.3 is 14.8 Å². The molecule has 0 aliphatic carbocycles. The largest absolute Gasteiger partial charge is 0.489 e. The average molecular weight is 369 g/mol. The molecule has 1 rings (SSSR count). The van der Waals surface area contributed by atoms with Crippen molar-refractivity contribution < 1.29 is 18.7 Å². The predicted octanol–water partition coefficient (Wildman–Crippen LogP) is 4.15. The Bertz CT molecular complexity index is 491. The molecule has 20 heavy (non-hydrogen) atoms. The molecule has 0 aliphatic rings. The second-order valence-corrected chi connectivity index (χ2v) is 6.24. The van der Waals surface area contributed by atoms with Gasteiger partial charge in [-0.1, -0.05) is 11.6 Å². The third-order valence-corrected chi connectivity index (χ3v) is 3.20. The van der Waals surface area contributed by atoms with Crippen LogP contribution in [0.2, 0.25) is 5.02 Å². The molecule has 0 saturated carbocycles. The van der Waals surface area contributed by atoms with Crippen molar-refractivity contribution in [2.75, 3.05) is 13.2 Å². The first-order valence-electron chi connectivity index (χ1n) is 5.93. The lowest BCUT2D eigenvalue weighted by Crippen LogP contribution is -2.34. The number of carbonyl (C=O) groups is 1. The SMILES string of the molecule is CC(C)(C)OC(=O)NCCOc1cc(Br)c(Cl)cc1F. The molecule has 1 aromatic rings. The van der Waals surface area contributed by atoms with Gasteiger partial charge in [0.2, 0.25) is 0 Å². The summed E-state index contributed by atoms with van der Waals surface area (Å²) in [6.07, 6.45) is -0.543. The highest BCUT2D eigenvalue weighted by atomic mass is 79.9. The van der Waals surface area contributed by atoms with E-state index in [2.05, 4.69) is 21.2 Å². The minimum atomic E-state index is -0.560. The molecule has 0 aromatic heterocycles. The molecule has 0 aliphatic heterocycles. The summed E-state index contributed by atoms with van der Waals surface area (Å²) in [7, 11) is 0. The molecule has 0 atom stereocenters. The van der Waals surface area contributed by atoms with E-state index in [1.807, 2.05) is 0 Å². The van der Waals surface area contributed by atoms with Crippen LogP contribution in [0.1, 0.15) is 20.8 Å². The summed E-state index contributed by atoms with van der Waals surface area (Å²) >= 11 is 8.91. The van der Waals surface area contributed by atoms with Gasteiger partial charge in [-0.05, 0) is 48.8 Å². The van der Waals surface area contributed by atoms with Crippen LogP contribution in [-0.4, -0.2) is 24.8 Å². The fraction of sp³-hybridized carbons (Fsp3) is 0.462. The zero-order valence-corrected chi connectivity index (χ0v) is 13.8. The molecule has 4 nitrogen and oxygen atoms in total. The number of halogens is 3. The van der Waals surface area contributed by atoms with Crippen LogP contribution in [0.25, 0.3) is 0 Å². The number of nitrogens with one attached hydrogen (secondary N) is 1. The molecule has 1 amide bonds. The van der Waals surface area contributed by atoms with Gasteiger partial charge in [-0.3, -0.25) is 0 Å². The second-order valence-electron chi connectivity index (χ2n) is 4.97. The summed E-state index contributed by atoms with van der Waals surface area (Å²) in [5.74, 6) is -0.497. The van der Waals surface area contributed by atoms with Gasteiger partial charge in [0.15, 0.2) is 11.6 Å². The lowest BCUT2D eigenvalue weighted by molar-refractivity contribution is 0.0520. The van der Waals surface area contributed by atoms with E-state index in [4.69, 9.17) is 21.1 Å². The van der Waals surface area contributed by atoms with Crippen LogP contribution in [0.15, 0.2) is 16.6 Å². The van der Waals surface area contributed by atoms with Crippen molar-refractivity contribution in [3.8, 4) is 5.75 Å². The Morgan fingerprint density at radius 1 is 1.45 bits per heavy atom. The number of hydrogen-bond donors (Lipinski definition) is 1. The zero-order chi connectivity index (χ0) is 15.3. The van der Waals surface area contributed by atoms with Gasteiger partial charge >= 0.3 is 6.09 Å². The molecule has 0 bridgehead atoms. The zero-order valence-electron chi connectivity index (χ0n) is 11.4. The first kappa shape index (κ1) is 17.0. The minimum absolute atomic E-state index is 0.0623. The van der Waals surface area contributed by atoms with Crippen molar-refractivity contribution in [3.05, 3.63) is 27.4 Å². The average Bonchev–Trinajstić information content (AvgIpc) is 2.28. The summed E-state index contributed by atoms with van der Waals surface area (Å²) in [6, 6.07) is 2.59. The number of benzene rings is 1. The van der Waals surface area contributed by atoms with Crippen molar-refractivity contribution >= 4 is 33.6 Å². The number of rotatable bonds is 4. The van der Waals surface area contributed by atoms with Crippen LogP contribution in [-0.2, 0) is 4.74 Å². The molecular formula is C13H16BrClFNO3. The van der Waals surface area contributed by atoms with Gasteiger partial charge in [0.05, 0.1) is 11.6 Å². The van der Waals surface area contributed by atoms with Gasteiger partial charge in [-0.2, -0.15) is 0 Å². The Hall–Kier alpha value is -1.01. The van der Waals surface area contributed by atoms with Crippen molar-refractivity contribution in [2.24, 2.45) is 0 Å². The Labute approximate surface area is 130 Å². The number of amides is 1. The van der Waals surface area contributed by atoms with Gasteiger partial charge in [0, 0.05) is 4.47 Å². The third-order valence-electron chi connectivity index (χ3n) is 2.00. The van der Waals surface area contributed by atoms with E-state index >= 15 is 0 Å². The number of carbonyl (C=O) groups excluding carboxylic acids is 1. The second kappa shape index (κ2) is 7.13. The normalized spacial score (nSPS) is 11.1. The Balaban J connectivity index is 2.38. The molecule has 1 aromatic carbocycles. The maximum Gasteiger partial charge on any atom is 0.407 e. The highest BCUT2D eigenvalue weighted by molar-refractivity contribution is 9.10. The van der Waals surface area contributed by atoms with Crippen LogP contribution in [0.3, 0.4) is 0 Å². The molecule has 1 N–H and O–H groups in total. The molecule has 0 spiro atoms. The Kier molecular flexibility index (Phi) is 6.07. The standard InChI is InChI=1S/C13H16BrClFNO3/c1-13(2,3)20-12(18)17-4-5-19-11-6-8(14)9(15)7-10(11)16/h6-7H,4-5H2,1-3H3,(H,17,18). The quantitative estimate of drug-likeness (QED) is 0.641. The van der Waals surface area contributed by atoms with E-state index in [1.54, 1.807) is 20.8 Å². The minimum Gasteiger partial charge on any atom is -0.489 e. The van der Waals surface area contributed by atoms with E-state index < -0.39 is 17.5 Å². The van der Waals surface area contributed by atoms with Gasteiger partial charge in [-0.15, -0.1) is 0 Å². The highest BCUT2D eigenvalue weighted by Gasteiger charge is 2.15. The fourth-order valence-electron chi connectivity index (χ4n) is 1.24. The smallest absolute Gasteiger partial charge is 0.407 e. The van der Waals surface area contributed by atoms with Gasteiger partial charge in [-0.25, -0.2) is 9.18 Å². The van der Waals surface area contributed by atoms with E-state index in [9.17, 15) is 9.18 Å². The summed E-state index contributed by atoms with van der Waals surface area (Å²) in [5.41, 5.74) is -0.557. The highest BCUT2D eigenvalue weighted by Crippen LogP contribution is 2.29. The third kappa shape index (κ3) is 5.96. The van der Waals surface area contributed by atoms with Crippen LogP contribution in [0, 0.1) is 5.82 Å². The Morgan fingerprint density at radius 2 is 2.10 bits per heavy atom. The maximum atomic E-state index is 13.5. The number of ether oxygens (including phenoxy) is 2. The first-order valence-corrected chi connectivity index (χ1v) is 7.10. The summed E-state index contributed by atoms with van der Waals surface area (Å²) < 4.78 is 24.3. The van der Waals surface area contributed by atoms with Gasteiger partial charge in [0.1, 0.15) is 12.2 Å². The molecule has 0 heterocycles. The van der Waals surface area contributed by atoms with E-state index in [1.165, 1.54) is 6.07 Å². The molecule has 0 unspecified atom stereocenters. The molecule has 0 saturated heterocycles. The lowest BCUT2D eigenvalue weighted by atomic mass is 10.2. The number of alkyl carbamates (subject to hydrolysis) is 1. The van der Waals surface area contributed by atoms with Crippen molar-refractivity contribution in [1.29, 1.82) is 0 Å². The predicted molar refractivity (Wildman–Crippen MR) is 78.8 cm³/mol. The monoisotopic (exact) mass is 367 g/mol. The van der Waals surface area contributed by atoms with Gasteiger partial charge in [0.25, 0.3) is 0 Å². The van der Waals surface area contributed by atoms with Crippen LogP contribution in [0.5, 0.6) is 5.75 Å². The van der Waals surface area contributed by atoms with Crippen LogP contribution in [0.4, 0.5) is 9.18 Å². The van der Waals surface area contributed by atoms with E-state index in [0.717, 1.165) is 6.07 Å². The first-order chi connectivity index (χ1) is 9.19. The van der Waals surface area contributed by atoms with E-state index in [-0.39, 0.29) is 23.9 Å². The van der Waals surface area contributed by atoms with Crippen molar-refractivity contribution in [2.45, 2.75) is 26.4 Å². The van der Waals surface area contributed by atoms with Crippen molar-refractivity contribution in [1.82, 2.24) is 5.32 Å². The number of hydrogen-bond acceptors (Lipinski definition) is 3. The summed E-state index contributed by atoms with van der Waals surface area (Å²) in [6.45, 7) is 5.62. The molecule has 112 valence electrons. The lowest BCUT2D eigenvalue weighted by Gasteiger charge is -2.19. The molecule has 0 fully saturated rings. The molecule has 7 heteroatoms. The molecule has 0 radical (unpaired) electrons. The van der Waals surface area contributed by atoms with Crippen molar-refractivity contribution in [3.63, 3.8) is 0 Å². The fourth-order valence-corrected chi connectivity index (χ4v) is 1.72. The Morgan fingerprint density at radius 3 is 2.70 bits per heavy atom. The summed E-state index contributed by atoms with van der Waals surface area (Å²) in [4.78, 5) is 11.3. The maximum absolute atomic E-state index is 13.5. The topological polar surface area (TPSA) is 47.6 Å². The van der Waals surface area contributed by atoms with Crippen LogP contribution < -0.4 is 10.1 Å².